The van der Waals surface area contributed by atoms with Crippen LogP contribution < -0.4 is 5.32 Å². The van der Waals surface area contributed by atoms with E-state index in [9.17, 15) is 13.8 Å². The topological polar surface area (TPSA) is 88.1 Å². The third-order valence-corrected chi connectivity index (χ3v) is 7.17. The zero-order chi connectivity index (χ0) is 23.5. The normalized spacial score (nSPS) is 14.3. The second-order valence-corrected chi connectivity index (χ2v) is 12.7. The van der Waals surface area contributed by atoms with Crippen LogP contribution in [-0.4, -0.2) is 43.7 Å². The van der Waals surface area contributed by atoms with E-state index in [1.165, 1.54) is 0 Å². The minimum Gasteiger partial charge on any atom is -0.444 e. The van der Waals surface area contributed by atoms with Gasteiger partial charge in [-0.1, -0.05) is 0 Å². The summed E-state index contributed by atoms with van der Waals surface area (Å²) in [5.74, 6) is 0. The first-order valence-corrected chi connectivity index (χ1v) is 11.7. The van der Waals surface area contributed by atoms with Crippen LogP contribution in [0.4, 0.5) is 15.3 Å². The van der Waals surface area contributed by atoms with Crippen molar-refractivity contribution in [2.45, 2.75) is 96.6 Å². The fraction of sp³-hybridized carbons (Fsp3) is 0.636. The maximum atomic E-state index is 14.0. The Morgan fingerprint density at radius 2 is 1.43 bits per heavy atom. The fourth-order valence-corrected chi connectivity index (χ4v) is 4.79. The van der Waals surface area contributed by atoms with Gasteiger partial charge in [0.2, 0.25) is 0 Å². The van der Waals surface area contributed by atoms with Crippen LogP contribution in [-0.2, 0) is 14.5 Å². The van der Waals surface area contributed by atoms with Crippen molar-refractivity contribution in [3.05, 3.63) is 24.3 Å². The molecule has 0 fully saturated rings. The Labute approximate surface area is 181 Å². The third kappa shape index (κ3) is 6.72. The standard InChI is InChI=1S/C22H37N3O4S/c1-15(2)25(16(3)4)19(26)24-30(28,22(8,9)10)18-13-11-17(12-14-18)23-20(27)29-21(5,6)7/h11-16H,1-10H3,(H,23,27)/t30-/m0/s1. The van der Waals surface area contributed by atoms with E-state index in [0.29, 0.717) is 10.6 Å². The zero-order valence-electron chi connectivity index (χ0n) is 19.9. The van der Waals surface area contributed by atoms with Gasteiger partial charge in [-0.25, -0.2) is 13.8 Å². The number of carbonyl (C=O) groups is 2. The number of nitrogens with zero attached hydrogens (tertiary/aromatic N) is 2. The van der Waals surface area contributed by atoms with Crippen molar-refractivity contribution in [2.24, 2.45) is 4.36 Å². The van der Waals surface area contributed by atoms with Crippen LogP contribution in [0.5, 0.6) is 0 Å². The van der Waals surface area contributed by atoms with Gasteiger partial charge in [0.05, 0.1) is 14.5 Å². The van der Waals surface area contributed by atoms with Gasteiger partial charge in [-0.15, -0.1) is 4.36 Å². The highest BCUT2D eigenvalue weighted by Crippen LogP contribution is 2.29. The number of hydrogen-bond donors (Lipinski definition) is 1. The summed E-state index contributed by atoms with van der Waals surface area (Å²) in [6.07, 6.45) is -0.573. The first-order valence-electron chi connectivity index (χ1n) is 10.2. The van der Waals surface area contributed by atoms with Gasteiger partial charge in [-0.05, 0) is 93.5 Å². The number of hydrogen-bond acceptors (Lipinski definition) is 4. The van der Waals surface area contributed by atoms with Crippen LogP contribution >= 0.6 is 0 Å². The number of amides is 3. The van der Waals surface area contributed by atoms with Crippen molar-refractivity contribution in [3.63, 3.8) is 0 Å². The summed E-state index contributed by atoms with van der Waals surface area (Å²) in [6.45, 7) is 18.4. The summed E-state index contributed by atoms with van der Waals surface area (Å²) in [7, 11) is -3.08. The molecule has 170 valence electrons. The molecule has 0 saturated heterocycles. The van der Waals surface area contributed by atoms with Gasteiger partial charge >= 0.3 is 12.1 Å². The predicted octanol–water partition coefficient (Wildman–Crippen LogP) is 5.90. The van der Waals surface area contributed by atoms with E-state index in [4.69, 9.17) is 4.74 Å². The van der Waals surface area contributed by atoms with E-state index in [-0.39, 0.29) is 12.1 Å². The molecule has 0 bridgehead atoms. The molecule has 8 heteroatoms. The Hall–Kier alpha value is -2.09. The molecule has 0 spiro atoms. The van der Waals surface area contributed by atoms with Gasteiger partial charge in [0.1, 0.15) is 5.60 Å². The smallest absolute Gasteiger partial charge is 0.412 e. The molecule has 1 rings (SSSR count). The molecule has 0 radical (unpaired) electrons. The van der Waals surface area contributed by atoms with Crippen LogP contribution in [0.15, 0.2) is 33.5 Å². The minimum atomic E-state index is -3.08. The van der Waals surface area contributed by atoms with Crippen LogP contribution in [0.25, 0.3) is 0 Å². The number of carbonyl (C=O) groups excluding carboxylic acids is 2. The van der Waals surface area contributed by atoms with Crippen molar-refractivity contribution in [3.8, 4) is 0 Å². The summed E-state index contributed by atoms with van der Waals surface area (Å²) in [4.78, 5) is 26.9. The average Bonchev–Trinajstić information content (AvgIpc) is 2.51. The second kappa shape index (κ2) is 9.37. The van der Waals surface area contributed by atoms with E-state index in [1.807, 2.05) is 27.7 Å². The fourth-order valence-electron chi connectivity index (χ4n) is 2.88. The van der Waals surface area contributed by atoms with Crippen LogP contribution in [0.2, 0.25) is 0 Å². The Bertz CT molecular complexity index is 861. The van der Waals surface area contributed by atoms with Gasteiger partial charge in [0.25, 0.3) is 0 Å². The number of benzene rings is 1. The summed E-state index contributed by atoms with van der Waals surface area (Å²) >= 11 is 0. The molecule has 0 aliphatic heterocycles. The van der Waals surface area contributed by atoms with E-state index in [2.05, 4.69) is 9.68 Å². The molecule has 7 nitrogen and oxygen atoms in total. The molecule has 0 aliphatic carbocycles. The molecule has 1 atom stereocenters. The molecule has 0 aromatic heterocycles. The second-order valence-electron chi connectivity index (χ2n) is 9.76. The van der Waals surface area contributed by atoms with Crippen molar-refractivity contribution < 1.29 is 18.5 Å². The lowest BCUT2D eigenvalue weighted by atomic mass is 10.2. The predicted molar refractivity (Wildman–Crippen MR) is 122 cm³/mol. The lowest BCUT2D eigenvalue weighted by Gasteiger charge is -2.31. The first-order chi connectivity index (χ1) is 13.5. The summed E-state index contributed by atoms with van der Waals surface area (Å²) in [6, 6.07) is 5.91. The Morgan fingerprint density at radius 3 is 1.80 bits per heavy atom. The van der Waals surface area contributed by atoms with Gasteiger partial charge in [-0.2, -0.15) is 0 Å². The summed E-state index contributed by atoms with van der Waals surface area (Å²) in [5.41, 5.74) is -0.108. The first kappa shape index (κ1) is 25.9. The minimum absolute atomic E-state index is 0.0646. The van der Waals surface area contributed by atoms with Crippen molar-refractivity contribution in [1.82, 2.24) is 4.90 Å². The third-order valence-electron chi connectivity index (χ3n) is 4.19. The van der Waals surface area contributed by atoms with Crippen molar-refractivity contribution in [1.29, 1.82) is 0 Å². The van der Waals surface area contributed by atoms with Crippen LogP contribution in [0, 0.1) is 0 Å². The lowest BCUT2D eigenvalue weighted by Crippen LogP contribution is -2.41. The highest BCUT2D eigenvalue weighted by molar-refractivity contribution is 7.95. The molecule has 1 aromatic carbocycles. The number of rotatable bonds is 4. The molecule has 30 heavy (non-hydrogen) atoms. The van der Waals surface area contributed by atoms with E-state index >= 15 is 0 Å². The van der Waals surface area contributed by atoms with Crippen LogP contribution in [0.3, 0.4) is 0 Å². The Morgan fingerprint density at radius 1 is 0.967 bits per heavy atom. The molecular weight excluding hydrogens is 402 g/mol. The molecule has 3 amide bonds. The van der Waals surface area contributed by atoms with Gasteiger partial charge in [-0.3, -0.25) is 5.32 Å². The Balaban J connectivity index is 3.32. The average molecular weight is 440 g/mol. The molecule has 0 heterocycles. The Kier molecular flexibility index (Phi) is 8.10. The molecule has 0 aliphatic rings. The van der Waals surface area contributed by atoms with E-state index < -0.39 is 32.2 Å². The molecule has 0 unspecified atom stereocenters. The quantitative estimate of drug-likeness (QED) is 0.633. The number of urea groups is 1. The zero-order valence-corrected chi connectivity index (χ0v) is 20.7. The van der Waals surface area contributed by atoms with Crippen LogP contribution in [0.1, 0.15) is 69.2 Å². The number of nitrogens with one attached hydrogen (secondary N) is 1. The van der Waals surface area contributed by atoms with Gasteiger partial charge in [0.15, 0.2) is 0 Å². The van der Waals surface area contributed by atoms with Gasteiger partial charge in [0, 0.05) is 22.7 Å². The largest absolute Gasteiger partial charge is 0.444 e. The number of anilines is 1. The maximum Gasteiger partial charge on any atom is 0.412 e. The van der Waals surface area contributed by atoms with Gasteiger partial charge < -0.3 is 9.64 Å². The SMILES string of the molecule is CC(C)N(C(=O)N=[S@](=O)(c1ccc(NC(=O)OC(C)(C)C)cc1)C(C)(C)C)C(C)C. The maximum absolute atomic E-state index is 14.0. The molecule has 1 aromatic rings. The highest BCUT2D eigenvalue weighted by atomic mass is 32.2. The molecular formula is C22H37N3O4S. The van der Waals surface area contributed by atoms with E-state index in [1.54, 1.807) is 70.7 Å². The number of ether oxygens (including phenoxy) is 1. The molecule has 0 saturated carbocycles. The summed E-state index contributed by atoms with van der Waals surface area (Å²) in [5, 5.41) is 2.65. The summed E-state index contributed by atoms with van der Waals surface area (Å²) < 4.78 is 22.7. The van der Waals surface area contributed by atoms with E-state index in [0.717, 1.165) is 0 Å². The molecule has 1 N–H and O–H groups in total. The van der Waals surface area contributed by atoms with Crippen molar-refractivity contribution >= 4 is 27.5 Å². The monoisotopic (exact) mass is 439 g/mol. The van der Waals surface area contributed by atoms with Crippen molar-refractivity contribution in [2.75, 3.05) is 5.32 Å². The highest BCUT2D eigenvalue weighted by Gasteiger charge is 2.32. The lowest BCUT2D eigenvalue weighted by molar-refractivity contribution is 0.0636.